The number of thiazole rings is 1. The maximum atomic E-state index is 13.5. The van der Waals surface area contributed by atoms with Gasteiger partial charge in [-0.3, -0.25) is 9.69 Å². The van der Waals surface area contributed by atoms with E-state index < -0.39 is 0 Å². The molecule has 0 spiro atoms. The molecule has 0 N–H and O–H groups in total. The maximum absolute atomic E-state index is 13.5. The number of nitrogens with zero attached hydrogens (tertiary/aromatic N) is 2. The van der Waals surface area contributed by atoms with E-state index in [1.54, 1.807) is 23.1 Å². The lowest BCUT2D eigenvalue weighted by molar-refractivity contribution is 0.0917. The number of carbonyl (C=O) groups is 1. The fraction of sp³-hybridized carbons (Fsp3) is 0.263. The molecule has 2 heterocycles. The fourth-order valence-electron chi connectivity index (χ4n) is 3.05. The van der Waals surface area contributed by atoms with Crippen LogP contribution in [0.4, 0.5) is 9.52 Å². The van der Waals surface area contributed by atoms with Crippen molar-refractivity contribution in [1.29, 1.82) is 0 Å². The van der Waals surface area contributed by atoms with Crippen LogP contribution >= 0.6 is 34.5 Å². The van der Waals surface area contributed by atoms with E-state index in [-0.39, 0.29) is 22.9 Å². The first-order chi connectivity index (χ1) is 13.0. The van der Waals surface area contributed by atoms with Gasteiger partial charge in [-0.25, -0.2) is 9.37 Å². The van der Waals surface area contributed by atoms with Gasteiger partial charge in [0.05, 0.1) is 33.5 Å². The number of ether oxygens (including phenoxy) is 1. The fourth-order valence-corrected chi connectivity index (χ4v) is 4.54. The number of hydrogen-bond acceptors (Lipinski definition) is 4. The van der Waals surface area contributed by atoms with Gasteiger partial charge in [-0.1, -0.05) is 34.5 Å². The normalized spacial score (nSPS) is 16.8. The first kappa shape index (κ1) is 18.6. The molecule has 0 radical (unpaired) electrons. The number of anilines is 1. The largest absolute Gasteiger partial charge is 0.376 e. The number of carbonyl (C=O) groups excluding carboxylic acids is 1. The van der Waals surface area contributed by atoms with Crippen LogP contribution in [0.15, 0.2) is 36.4 Å². The maximum Gasteiger partial charge on any atom is 0.261 e. The zero-order chi connectivity index (χ0) is 19.0. The predicted molar refractivity (Wildman–Crippen MR) is 107 cm³/mol. The van der Waals surface area contributed by atoms with Crippen LogP contribution in [0.25, 0.3) is 10.2 Å². The lowest BCUT2D eigenvalue weighted by Gasteiger charge is -2.23. The van der Waals surface area contributed by atoms with Crippen LogP contribution in [0, 0.1) is 5.82 Å². The molecular formula is C19H15Cl2FN2O2S. The first-order valence-electron chi connectivity index (χ1n) is 8.46. The number of benzene rings is 2. The van der Waals surface area contributed by atoms with Crippen LogP contribution in [-0.4, -0.2) is 30.1 Å². The Labute approximate surface area is 169 Å². The van der Waals surface area contributed by atoms with Crippen molar-refractivity contribution in [1.82, 2.24) is 4.98 Å². The Kier molecular flexibility index (Phi) is 5.32. The van der Waals surface area contributed by atoms with Crippen molar-refractivity contribution in [3.05, 3.63) is 57.8 Å². The van der Waals surface area contributed by atoms with E-state index in [0.29, 0.717) is 39.1 Å². The highest BCUT2D eigenvalue weighted by Crippen LogP contribution is 2.32. The van der Waals surface area contributed by atoms with Crippen LogP contribution in [0.2, 0.25) is 10.0 Å². The Morgan fingerprint density at radius 1 is 1.30 bits per heavy atom. The molecule has 4 rings (SSSR count). The Balaban J connectivity index is 1.73. The summed E-state index contributed by atoms with van der Waals surface area (Å²) in [6, 6.07) is 9.14. The van der Waals surface area contributed by atoms with Crippen LogP contribution < -0.4 is 4.90 Å². The number of fused-ring (bicyclic) bond motifs is 1. The van der Waals surface area contributed by atoms with Crippen molar-refractivity contribution in [2.45, 2.75) is 18.9 Å². The summed E-state index contributed by atoms with van der Waals surface area (Å²) in [5.41, 5.74) is 0.980. The predicted octanol–water partition coefficient (Wildman–Crippen LogP) is 5.57. The van der Waals surface area contributed by atoms with Gasteiger partial charge in [0.1, 0.15) is 5.82 Å². The Morgan fingerprint density at radius 3 is 2.89 bits per heavy atom. The number of aromatic nitrogens is 1. The van der Waals surface area contributed by atoms with E-state index in [9.17, 15) is 9.18 Å². The minimum Gasteiger partial charge on any atom is -0.376 e. The van der Waals surface area contributed by atoms with Crippen molar-refractivity contribution in [3.8, 4) is 0 Å². The van der Waals surface area contributed by atoms with Gasteiger partial charge in [0.2, 0.25) is 0 Å². The van der Waals surface area contributed by atoms with Crippen LogP contribution in [0.5, 0.6) is 0 Å². The van der Waals surface area contributed by atoms with E-state index in [0.717, 1.165) is 12.8 Å². The Morgan fingerprint density at radius 2 is 2.15 bits per heavy atom. The molecule has 0 bridgehead atoms. The van der Waals surface area contributed by atoms with E-state index in [1.807, 2.05) is 0 Å². The monoisotopic (exact) mass is 424 g/mol. The molecule has 1 atom stereocenters. The van der Waals surface area contributed by atoms with E-state index in [4.69, 9.17) is 27.9 Å². The molecule has 1 amide bonds. The highest BCUT2D eigenvalue weighted by atomic mass is 35.5. The van der Waals surface area contributed by atoms with E-state index >= 15 is 0 Å². The van der Waals surface area contributed by atoms with Gasteiger partial charge in [-0.05, 0) is 49.2 Å². The second kappa shape index (κ2) is 7.72. The lowest BCUT2D eigenvalue weighted by Crippen LogP contribution is -2.37. The average molecular weight is 425 g/mol. The highest BCUT2D eigenvalue weighted by molar-refractivity contribution is 7.22. The summed E-state index contributed by atoms with van der Waals surface area (Å²) in [7, 11) is 0. The molecule has 1 aromatic heterocycles. The number of hydrogen-bond donors (Lipinski definition) is 0. The Bertz CT molecular complexity index is 1000. The van der Waals surface area contributed by atoms with Gasteiger partial charge >= 0.3 is 0 Å². The highest BCUT2D eigenvalue weighted by Gasteiger charge is 2.28. The minimum atomic E-state index is -0.338. The second-order valence-electron chi connectivity index (χ2n) is 6.28. The summed E-state index contributed by atoms with van der Waals surface area (Å²) in [5.74, 6) is -0.623. The third-order valence-electron chi connectivity index (χ3n) is 4.39. The quantitative estimate of drug-likeness (QED) is 0.549. The van der Waals surface area contributed by atoms with Gasteiger partial charge in [-0.2, -0.15) is 0 Å². The molecular weight excluding hydrogens is 410 g/mol. The third kappa shape index (κ3) is 3.94. The number of halogens is 3. The van der Waals surface area contributed by atoms with Crippen molar-refractivity contribution < 1.29 is 13.9 Å². The van der Waals surface area contributed by atoms with Crippen molar-refractivity contribution in [2.75, 3.05) is 18.1 Å². The zero-order valence-electron chi connectivity index (χ0n) is 14.1. The summed E-state index contributed by atoms with van der Waals surface area (Å²) in [4.78, 5) is 19.3. The first-order valence-corrected chi connectivity index (χ1v) is 10.0. The second-order valence-corrected chi connectivity index (χ2v) is 8.14. The molecule has 1 saturated heterocycles. The summed E-state index contributed by atoms with van der Waals surface area (Å²) in [6.45, 7) is 1.04. The third-order valence-corrected chi connectivity index (χ3v) is 5.98. The van der Waals surface area contributed by atoms with Gasteiger partial charge < -0.3 is 4.74 Å². The SMILES string of the molecule is O=C(c1ccc(Cl)cc1Cl)N(CC1CCCO1)c1nc2ccc(F)cc2s1. The van der Waals surface area contributed by atoms with Crippen molar-refractivity contribution in [2.24, 2.45) is 0 Å². The summed E-state index contributed by atoms with van der Waals surface area (Å²) in [5, 5.41) is 1.22. The van der Waals surface area contributed by atoms with Crippen LogP contribution in [0.3, 0.4) is 0 Å². The van der Waals surface area contributed by atoms with Gasteiger partial charge in [0.15, 0.2) is 5.13 Å². The smallest absolute Gasteiger partial charge is 0.261 e. The molecule has 3 aromatic rings. The summed E-state index contributed by atoms with van der Waals surface area (Å²) >= 11 is 13.5. The molecule has 4 nitrogen and oxygen atoms in total. The number of amides is 1. The van der Waals surface area contributed by atoms with Crippen molar-refractivity contribution in [3.63, 3.8) is 0 Å². The van der Waals surface area contributed by atoms with Gasteiger partial charge in [0, 0.05) is 11.6 Å². The molecule has 0 saturated carbocycles. The molecule has 1 aliphatic rings. The molecule has 0 aliphatic carbocycles. The standard InChI is InChI=1S/C19H15Cl2FN2O2S/c20-11-3-5-14(15(21)8-11)18(25)24(10-13-2-1-7-26-13)19-23-16-6-4-12(22)9-17(16)27-19/h3-6,8-9,13H,1-2,7,10H2. The molecule has 27 heavy (non-hydrogen) atoms. The molecule has 2 aromatic carbocycles. The molecule has 1 unspecified atom stereocenters. The van der Waals surface area contributed by atoms with Crippen LogP contribution in [-0.2, 0) is 4.74 Å². The van der Waals surface area contributed by atoms with Crippen molar-refractivity contribution >= 4 is 55.8 Å². The van der Waals surface area contributed by atoms with E-state index in [1.165, 1.54) is 29.5 Å². The van der Waals surface area contributed by atoms with Gasteiger partial charge in [-0.15, -0.1) is 0 Å². The molecule has 1 fully saturated rings. The average Bonchev–Trinajstić information content (AvgIpc) is 3.28. The molecule has 1 aliphatic heterocycles. The lowest BCUT2D eigenvalue weighted by atomic mass is 10.1. The molecule has 140 valence electrons. The molecule has 8 heteroatoms. The van der Waals surface area contributed by atoms with Crippen LogP contribution in [0.1, 0.15) is 23.2 Å². The zero-order valence-corrected chi connectivity index (χ0v) is 16.5. The van der Waals surface area contributed by atoms with Gasteiger partial charge in [0.25, 0.3) is 5.91 Å². The summed E-state index contributed by atoms with van der Waals surface area (Å²) in [6.07, 6.45) is 1.76. The topological polar surface area (TPSA) is 42.4 Å². The number of rotatable bonds is 4. The summed E-state index contributed by atoms with van der Waals surface area (Å²) < 4.78 is 19.9. The Hall–Kier alpha value is -1.73. The van der Waals surface area contributed by atoms with E-state index in [2.05, 4.69) is 4.98 Å². The minimum absolute atomic E-state index is 0.0659.